The highest BCUT2D eigenvalue weighted by Crippen LogP contribution is 2.38. The topological polar surface area (TPSA) is 67.2 Å². The molecule has 1 saturated heterocycles. The number of aromatic nitrogens is 4. The third kappa shape index (κ3) is 3.87. The van der Waals surface area contributed by atoms with Gasteiger partial charge in [0.15, 0.2) is 0 Å². The van der Waals surface area contributed by atoms with E-state index in [9.17, 15) is 4.79 Å². The van der Waals surface area contributed by atoms with Crippen molar-refractivity contribution in [1.29, 1.82) is 0 Å². The first kappa shape index (κ1) is 16.2. The Labute approximate surface area is 147 Å². The summed E-state index contributed by atoms with van der Waals surface area (Å²) in [6.07, 6.45) is 4.11. The molecule has 1 saturated carbocycles. The van der Waals surface area contributed by atoms with Crippen LogP contribution in [0.4, 0.5) is 5.82 Å². The van der Waals surface area contributed by atoms with E-state index in [2.05, 4.69) is 32.9 Å². The highest BCUT2D eigenvalue weighted by molar-refractivity contribution is 5.41. The number of nitrogens with zero attached hydrogens (tertiary/aromatic N) is 6. The summed E-state index contributed by atoms with van der Waals surface area (Å²) in [5.74, 6) is 2.67. The molecule has 0 unspecified atom stereocenters. The lowest BCUT2D eigenvalue weighted by molar-refractivity contribution is 0.242. The zero-order valence-electron chi connectivity index (χ0n) is 14.6. The van der Waals surface area contributed by atoms with Crippen molar-refractivity contribution in [1.82, 2.24) is 24.6 Å². The van der Waals surface area contributed by atoms with Crippen LogP contribution in [-0.2, 0) is 6.54 Å². The monoisotopic (exact) mass is 340 g/mol. The molecule has 0 amide bonds. The van der Waals surface area contributed by atoms with Crippen LogP contribution in [0.3, 0.4) is 0 Å². The van der Waals surface area contributed by atoms with Crippen LogP contribution in [0.25, 0.3) is 0 Å². The number of aryl methyl sites for hydroxylation is 1. The predicted octanol–water partition coefficient (Wildman–Crippen LogP) is 1.04. The molecule has 7 nitrogen and oxygen atoms in total. The zero-order valence-corrected chi connectivity index (χ0v) is 14.6. The molecule has 2 aromatic heterocycles. The van der Waals surface area contributed by atoms with E-state index in [0.717, 1.165) is 50.1 Å². The van der Waals surface area contributed by atoms with Gasteiger partial charge in [-0.15, -0.1) is 0 Å². The second-order valence-electron chi connectivity index (χ2n) is 6.91. The van der Waals surface area contributed by atoms with Gasteiger partial charge >= 0.3 is 0 Å². The first-order valence-corrected chi connectivity index (χ1v) is 9.04. The van der Waals surface area contributed by atoms with E-state index < -0.39 is 0 Å². The second kappa shape index (κ2) is 6.92. The summed E-state index contributed by atoms with van der Waals surface area (Å²) >= 11 is 0. The maximum absolute atomic E-state index is 11.7. The van der Waals surface area contributed by atoms with Crippen LogP contribution >= 0.6 is 0 Å². The molecular weight excluding hydrogens is 316 g/mol. The summed E-state index contributed by atoms with van der Waals surface area (Å²) in [6, 6.07) is 5.33. The average molecular weight is 340 g/mol. The van der Waals surface area contributed by atoms with Crippen molar-refractivity contribution in [3.63, 3.8) is 0 Å². The summed E-state index contributed by atoms with van der Waals surface area (Å²) in [4.78, 5) is 25.8. The van der Waals surface area contributed by atoms with E-state index in [-0.39, 0.29) is 5.56 Å². The van der Waals surface area contributed by atoms with Crippen LogP contribution in [0.1, 0.15) is 30.3 Å². The molecule has 2 aromatic rings. The van der Waals surface area contributed by atoms with Gasteiger partial charge in [-0.1, -0.05) is 0 Å². The first-order chi connectivity index (χ1) is 12.2. The first-order valence-electron chi connectivity index (χ1n) is 9.04. The van der Waals surface area contributed by atoms with E-state index in [1.54, 1.807) is 18.3 Å². The molecule has 0 bridgehead atoms. The molecule has 1 aliphatic heterocycles. The minimum atomic E-state index is -0.0368. The summed E-state index contributed by atoms with van der Waals surface area (Å²) in [5.41, 5.74) is 1.02. The summed E-state index contributed by atoms with van der Waals surface area (Å²) in [5, 5.41) is 4.12. The Morgan fingerprint density at radius 2 is 1.92 bits per heavy atom. The van der Waals surface area contributed by atoms with Gasteiger partial charge in [-0.25, -0.2) is 14.6 Å². The molecule has 3 heterocycles. The second-order valence-corrected chi connectivity index (χ2v) is 6.91. The fourth-order valence-corrected chi connectivity index (χ4v) is 3.25. The number of piperazine rings is 1. The molecule has 2 fully saturated rings. The van der Waals surface area contributed by atoms with Crippen LogP contribution in [0, 0.1) is 6.92 Å². The van der Waals surface area contributed by atoms with Crippen LogP contribution in [-0.4, -0.2) is 57.4 Å². The van der Waals surface area contributed by atoms with Crippen molar-refractivity contribution in [2.75, 3.05) is 37.6 Å². The molecule has 0 atom stereocenters. The van der Waals surface area contributed by atoms with Crippen LogP contribution in [0.15, 0.2) is 29.2 Å². The van der Waals surface area contributed by atoms with Crippen molar-refractivity contribution < 1.29 is 0 Å². The number of hydrogen-bond donors (Lipinski definition) is 0. The maximum atomic E-state index is 11.7. The Balaban J connectivity index is 1.34. The molecular formula is C18H24N6O. The van der Waals surface area contributed by atoms with E-state index in [0.29, 0.717) is 12.5 Å². The van der Waals surface area contributed by atoms with E-state index >= 15 is 0 Å². The molecule has 4 rings (SSSR count). The summed E-state index contributed by atoms with van der Waals surface area (Å²) in [6.45, 7) is 7.40. The quantitative estimate of drug-likeness (QED) is 0.810. The molecule has 2 aliphatic rings. The fraction of sp³-hybridized carbons (Fsp3) is 0.556. The van der Waals surface area contributed by atoms with Gasteiger partial charge in [-0.3, -0.25) is 9.69 Å². The van der Waals surface area contributed by atoms with E-state index in [1.807, 2.05) is 0 Å². The molecule has 0 N–H and O–H groups in total. The van der Waals surface area contributed by atoms with E-state index in [1.165, 1.54) is 17.5 Å². The summed E-state index contributed by atoms with van der Waals surface area (Å²) in [7, 11) is 0. The predicted molar refractivity (Wildman–Crippen MR) is 95.9 cm³/mol. The number of hydrogen-bond acceptors (Lipinski definition) is 6. The average Bonchev–Trinajstić information content (AvgIpc) is 3.46. The Morgan fingerprint density at radius 1 is 1.12 bits per heavy atom. The fourth-order valence-electron chi connectivity index (χ4n) is 3.25. The van der Waals surface area contributed by atoms with Crippen molar-refractivity contribution in [3.05, 3.63) is 46.3 Å². The van der Waals surface area contributed by atoms with Crippen molar-refractivity contribution in [3.8, 4) is 0 Å². The van der Waals surface area contributed by atoms with Gasteiger partial charge in [0.1, 0.15) is 11.6 Å². The van der Waals surface area contributed by atoms with E-state index in [4.69, 9.17) is 4.98 Å². The SMILES string of the molecule is Cc1cc(N2CCN(CCn3ncccc3=O)CC2)nc(C2CC2)n1. The van der Waals surface area contributed by atoms with Crippen LogP contribution < -0.4 is 10.5 Å². The highest BCUT2D eigenvalue weighted by atomic mass is 16.1. The Kier molecular flexibility index (Phi) is 4.48. The lowest BCUT2D eigenvalue weighted by atomic mass is 10.3. The summed E-state index contributed by atoms with van der Waals surface area (Å²) < 4.78 is 1.53. The van der Waals surface area contributed by atoms with Gasteiger partial charge in [-0.05, 0) is 25.8 Å². The normalized spacial score (nSPS) is 18.5. The lowest BCUT2D eigenvalue weighted by Gasteiger charge is -2.35. The van der Waals surface area contributed by atoms with Crippen LogP contribution in [0.5, 0.6) is 0 Å². The van der Waals surface area contributed by atoms with Crippen LogP contribution in [0.2, 0.25) is 0 Å². The van der Waals surface area contributed by atoms with Gasteiger partial charge in [0.2, 0.25) is 0 Å². The smallest absolute Gasteiger partial charge is 0.266 e. The Hall–Kier alpha value is -2.28. The van der Waals surface area contributed by atoms with Gasteiger partial charge < -0.3 is 4.90 Å². The molecule has 132 valence electrons. The lowest BCUT2D eigenvalue weighted by Crippen LogP contribution is -2.48. The number of rotatable bonds is 5. The van der Waals surface area contributed by atoms with Crippen molar-refractivity contribution in [2.45, 2.75) is 32.2 Å². The largest absolute Gasteiger partial charge is 0.354 e. The highest BCUT2D eigenvalue weighted by Gasteiger charge is 2.28. The van der Waals surface area contributed by atoms with Crippen molar-refractivity contribution >= 4 is 5.82 Å². The third-order valence-electron chi connectivity index (χ3n) is 4.91. The zero-order chi connectivity index (χ0) is 17.2. The van der Waals surface area contributed by atoms with Gasteiger partial charge in [-0.2, -0.15) is 5.10 Å². The maximum Gasteiger partial charge on any atom is 0.266 e. The Morgan fingerprint density at radius 3 is 2.64 bits per heavy atom. The minimum absolute atomic E-state index is 0.0368. The third-order valence-corrected chi connectivity index (χ3v) is 4.91. The number of anilines is 1. The minimum Gasteiger partial charge on any atom is -0.354 e. The van der Waals surface area contributed by atoms with Gasteiger partial charge in [0.25, 0.3) is 5.56 Å². The standard InChI is InChI=1S/C18H24N6O/c1-14-13-16(21-18(20-14)15-4-5-15)23-10-7-22(8-11-23)9-12-24-17(25)3-2-6-19-24/h2-3,6,13,15H,4-5,7-12H2,1H3. The molecule has 7 heteroatoms. The molecule has 0 radical (unpaired) electrons. The molecule has 25 heavy (non-hydrogen) atoms. The van der Waals surface area contributed by atoms with Crippen molar-refractivity contribution in [2.24, 2.45) is 0 Å². The Bertz CT molecular complexity index is 792. The van der Waals surface area contributed by atoms with Gasteiger partial charge in [0.05, 0.1) is 6.54 Å². The van der Waals surface area contributed by atoms with Gasteiger partial charge in [0, 0.05) is 62.7 Å². The molecule has 0 spiro atoms. The molecule has 0 aromatic carbocycles. The molecule has 1 aliphatic carbocycles.